The summed E-state index contributed by atoms with van der Waals surface area (Å²) in [6, 6.07) is 5.78. The Balaban J connectivity index is 1.90. The first-order chi connectivity index (χ1) is 11.2. The van der Waals surface area contributed by atoms with E-state index in [1.807, 2.05) is 32.0 Å². The molecule has 2 rings (SSSR count). The smallest absolute Gasteiger partial charge is 0.310 e. The second-order valence-electron chi connectivity index (χ2n) is 7.08. The fourth-order valence-electron chi connectivity index (χ4n) is 2.61. The zero-order chi connectivity index (χ0) is 17.9. The van der Waals surface area contributed by atoms with Crippen molar-refractivity contribution >= 4 is 44.0 Å². The maximum Gasteiger partial charge on any atom is 0.310 e. The molecular formula is C18H23Br2NO3. The monoisotopic (exact) mass is 459 g/mol. The summed E-state index contributed by atoms with van der Waals surface area (Å²) in [6.45, 7) is 9.04. The molecule has 1 aliphatic rings. The van der Waals surface area contributed by atoms with Gasteiger partial charge in [0.1, 0.15) is 13.2 Å². The Hall–Kier alpha value is -0.880. The quantitative estimate of drug-likeness (QED) is 0.319. The number of ether oxygens (including phenoxy) is 1. The second kappa shape index (κ2) is 8.00. The van der Waals surface area contributed by atoms with Gasteiger partial charge in [-0.25, -0.2) is 0 Å². The van der Waals surface area contributed by atoms with Crippen LogP contribution >= 0.6 is 31.9 Å². The molecule has 0 aromatic heterocycles. The predicted octanol–water partition coefficient (Wildman–Crippen LogP) is 5.19. The summed E-state index contributed by atoms with van der Waals surface area (Å²) in [5, 5.41) is 4.00. The van der Waals surface area contributed by atoms with Crippen molar-refractivity contribution in [3.63, 3.8) is 0 Å². The lowest BCUT2D eigenvalue weighted by Gasteiger charge is -2.09. The first kappa shape index (κ1) is 19.4. The first-order valence-corrected chi connectivity index (χ1v) is 9.58. The molecule has 0 bridgehead atoms. The van der Waals surface area contributed by atoms with E-state index in [0.29, 0.717) is 12.5 Å². The molecule has 0 heterocycles. The van der Waals surface area contributed by atoms with Gasteiger partial charge in [-0.1, -0.05) is 70.8 Å². The number of halogens is 2. The Bertz CT molecular complexity index is 608. The van der Waals surface area contributed by atoms with Crippen LogP contribution in [0.2, 0.25) is 0 Å². The van der Waals surface area contributed by atoms with E-state index in [4.69, 9.17) is 9.57 Å². The normalized spacial score (nSPS) is 22.0. The lowest BCUT2D eigenvalue weighted by Crippen LogP contribution is -2.11. The highest BCUT2D eigenvalue weighted by atomic mass is 79.9. The standard InChI is InChI=1S/C18H23Br2NO3/c1-11(2)9-24-21-8-13-16(18(13,3)4)17(22)23-10-12-14(19)6-5-7-15(12)20/h5-8,11,13,16H,9-10H2,1-4H3/t13-,16-/m0/s1. The molecule has 1 aliphatic carbocycles. The maximum atomic E-state index is 12.4. The van der Waals surface area contributed by atoms with Crippen molar-refractivity contribution in [3.05, 3.63) is 32.7 Å². The third kappa shape index (κ3) is 4.60. The van der Waals surface area contributed by atoms with Gasteiger partial charge in [0.05, 0.1) is 5.92 Å². The highest BCUT2D eigenvalue weighted by molar-refractivity contribution is 9.11. The molecule has 0 aliphatic heterocycles. The van der Waals surface area contributed by atoms with E-state index in [1.54, 1.807) is 6.21 Å². The molecule has 1 aromatic rings. The van der Waals surface area contributed by atoms with Gasteiger partial charge in [0.15, 0.2) is 0 Å². The number of nitrogens with zero attached hydrogens (tertiary/aromatic N) is 1. The lowest BCUT2D eigenvalue weighted by atomic mass is 10.1. The van der Waals surface area contributed by atoms with Gasteiger partial charge in [-0.15, -0.1) is 0 Å². The van der Waals surface area contributed by atoms with Crippen molar-refractivity contribution in [2.45, 2.75) is 34.3 Å². The van der Waals surface area contributed by atoms with Crippen LogP contribution in [0.25, 0.3) is 0 Å². The highest BCUT2D eigenvalue weighted by Gasteiger charge is 2.62. The van der Waals surface area contributed by atoms with Crippen molar-refractivity contribution in [2.75, 3.05) is 6.61 Å². The molecule has 0 saturated heterocycles. The number of carbonyl (C=O) groups excluding carboxylic acids is 1. The zero-order valence-electron chi connectivity index (χ0n) is 14.4. The van der Waals surface area contributed by atoms with Crippen LogP contribution in [0.1, 0.15) is 33.3 Å². The highest BCUT2D eigenvalue weighted by Crippen LogP contribution is 2.57. The lowest BCUT2D eigenvalue weighted by molar-refractivity contribution is -0.147. The van der Waals surface area contributed by atoms with E-state index in [-0.39, 0.29) is 29.8 Å². The van der Waals surface area contributed by atoms with Gasteiger partial charge >= 0.3 is 5.97 Å². The van der Waals surface area contributed by atoms with Gasteiger partial charge in [0, 0.05) is 26.6 Å². The number of oxime groups is 1. The fraction of sp³-hybridized carbons (Fsp3) is 0.556. The Kier molecular flexibility index (Phi) is 6.48. The van der Waals surface area contributed by atoms with Crippen LogP contribution in [0, 0.1) is 23.2 Å². The van der Waals surface area contributed by atoms with Gasteiger partial charge in [-0.3, -0.25) is 4.79 Å². The Labute approximate surface area is 160 Å². The van der Waals surface area contributed by atoms with E-state index < -0.39 is 0 Å². The predicted molar refractivity (Wildman–Crippen MR) is 102 cm³/mol. The second-order valence-corrected chi connectivity index (χ2v) is 8.79. The molecule has 1 aromatic carbocycles. The van der Waals surface area contributed by atoms with Crippen molar-refractivity contribution in [3.8, 4) is 0 Å². The molecule has 132 valence electrons. The number of esters is 1. The summed E-state index contributed by atoms with van der Waals surface area (Å²) in [4.78, 5) is 17.6. The average molecular weight is 461 g/mol. The van der Waals surface area contributed by atoms with E-state index in [1.165, 1.54) is 0 Å². The largest absolute Gasteiger partial charge is 0.460 e. The molecule has 6 heteroatoms. The summed E-state index contributed by atoms with van der Waals surface area (Å²) < 4.78 is 7.36. The fourth-order valence-corrected chi connectivity index (χ4v) is 3.84. The molecule has 4 nitrogen and oxygen atoms in total. The van der Waals surface area contributed by atoms with Crippen molar-refractivity contribution < 1.29 is 14.4 Å². The minimum absolute atomic E-state index is 0.0554. The minimum atomic E-state index is -0.192. The molecule has 1 saturated carbocycles. The van der Waals surface area contributed by atoms with Crippen LogP contribution in [0.3, 0.4) is 0 Å². The van der Waals surface area contributed by atoms with Gasteiger partial charge in [0.2, 0.25) is 0 Å². The summed E-state index contributed by atoms with van der Waals surface area (Å²) in [5.41, 5.74) is 0.780. The van der Waals surface area contributed by atoms with Crippen LogP contribution in [0.4, 0.5) is 0 Å². The van der Waals surface area contributed by atoms with Crippen LogP contribution in [0.15, 0.2) is 32.3 Å². The number of hydrogen-bond acceptors (Lipinski definition) is 4. The third-order valence-electron chi connectivity index (χ3n) is 4.29. The van der Waals surface area contributed by atoms with E-state index in [2.05, 4.69) is 50.9 Å². The van der Waals surface area contributed by atoms with Crippen molar-refractivity contribution in [1.82, 2.24) is 0 Å². The number of benzene rings is 1. The molecule has 0 unspecified atom stereocenters. The van der Waals surface area contributed by atoms with Crippen LogP contribution < -0.4 is 0 Å². The number of carbonyl (C=O) groups is 1. The molecule has 0 radical (unpaired) electrons. The Morgan fingerprint density at radius 1 is 1.33 bits per heavy atom. The first-order valence-electron chi connectivity index (χ1n) is 8.00. The van der Waals surface area contributed by atoms with Crippen molar-refractivity contribution in [1.29, 1.82) is 0 Å². The molecule has 24 heavy (non-hydrogen) atoms. The summed E-state index contributed by atoms with van der Waals surface area (Å²) in [7, 11) is 0. The number of rotatable bonds is 7. The SMILES string of the molecule is CC(C)CON=C[C@H]1[C@@H](C(=O)OCc2c(Br)cccc2Br)C1(C)C. The topological polar surface area (TPSA) is 47.9 Å². The van der Waals surface area contributed by atoms with Gasteiger partial charge in [-0.2, -0.15) is 0 Å². The van der Waals surface area contributed by atoms with Gasteiger partial charge in [0.25, 0.3) is 0 Å². The minimum Gasteiger partial charge on any atom is -0.460 e. The third-order valence-corrected chi connectivity index (χ3v) is 5.77. The van der Waals surface area contributed by atoms with Crippen molar-refractivity contribution in [2.24, 2.45) is 28.3 Å². The molecule has 0 spiro atoms. The zero-order valence-corrected chi connectivity index (χ0v) is 17.6. The molecule has 0 N–H and O–H groups in total. The van der Waals surface area contributed by atoms with E-state index >= 15 is 0 Å². The van der Waals surface area contributed by atoms with Crippen LogP contribution in [-0.2, 0) is 21.0 Å². The summed E-state index contributed by atoms with van der Waals surface area (Å²) in [5.74, 6) is 0.117. The Morgan fingerprint density at radius 3 is 2.54 bits per heavy atom. The number of hydrogen-bond donors (Lipinski definition) is 0. The maximum absolute atomic E-state index is 12.4. The molecule has 2 atom stereocenters. The van der Waals surface area contributed by atoms with E-state index in [9.17, 15) is 4.79 Å². The van der Waals surface area contributed by atoms with E-state index in [0.717, 1.165) is 14.5 Å². The van der Waals surface area contributed by atoms with Gasteiger partial charge < -0.3 is 9.57 Å². The van der Waals surface area contributed by atoms with Crippen LogP contribution in [0.5, 0.6) is 0 Å². The van der Waals surface area contributed by atoms with Crippen LogP contribution in [-0.4, -0.2) is 18.8 Å². The summed E-state index contributed by atoms with van der Waals surface area (Å²) >= 11 is 6.96. The molecular weight excluding hydrogens is 438 g/mol. The Morgan fingerprint density at radius 2 is 1.96 bits per heavy atom. The average Bonchev–Trinajstić information content (AvgIpc) is 3.04. The summed E-state index contributed by atoms with van der Waals surface area (Å²) in [6.07, 6.45) is 1.74. The molecule has 0 amide bonds. The van der Waals surface area contributed by atoms with Gasteiger partial charge in [-0.05, 0) is 23.5 Å². The molecule has 1 fully saturated rings.